The van der Waals surface area contributed by atoms with Crippen molar-refractivity contribution in [1.82, 2.24) is 4.90 Å². The molecule has 0 spiro atoms. The number of furan rings is 1. The summed E-state index contributed by atoms with van der Waals surface area (Å²) in [4.78, 5) is 2.45. The van der Waals surface area contributed by atoms with E-state index in [-0.39, 0.29) is 0 Å². The molecule has 1 aliphatic heterocycles. The molecular weight excluding hydrogens is 366 g/mol. The van der Waals surface area contributed by atoms with Crippen molar-refractivity contribution in [2.24, 2.45) is 0 Å². The van der Waals surface area contributed by atoms with Gasteiger partial charge >= 0.3 is 0 Å². The van der Waals surface area contributed by atoms with Crippen LogP contribution < -0.4 is 0 Å². The molecule has 1 N–H and O–H groups in total. The molecule has 0 radical (unpaired) electrons. The van der Waals surface area contributed by atoms with Gasteiger partial charge in [-0.2, -0.15) is 0 Å². The first-order valence-corrected chi connectivity index (χ1v) is 9.17. The van der Waals surface area contributed by atoms with Gasteiger partial charge in [-0.05, 0) is 71.1 Å². The fraction of sp³-hybridized carbons (Fsp3) is 0.300. The molecule has 1 aromatic heterocycles. The van der Waals surface area contributed by atoms with Crippen LogP contribution in [0.15, 0.2) is 57.4 Å². The number of fused-ring (bicyclic) bond motifs is 1. The number of likely N-dealkylation sites (tertiary alicyclic amines) is 1. The minimum atomic E-state index is 0.352. The van der Waals surface area contributed by atoms with Crippen LogP contribution in [-0.2, 0) is 6.54 Å². The first-order chi connectivity index (χ1) is 11.7. The standard InChI is InChI=1S/C20H20BrNO2/c21-20-17-8-1-2-9-18(17)24-19(20)13-22-10-4-6-15(12-22)14-5-3-7-16(23)11-14/h1-3,5,7-9,11,15,23H,4,6,10,12-13H2. The molecule has 4 heteroatoms. The zero-order chi connectivity index (χ0) is 16.5. The monoisotopic (exact) mass is 385 g/mol. The predicted octanol–water partition coefficient (Wildman–Crippen LogP) is 5.28. The molecule has 2 aromatic carbocycles. The van der Waals surface area contributed by atoms with E-state index in [0.717, 1.165) is 47.3 Å². The van der Waals surface area contributed by atoms with Crippen LogP contribution in [0.1, 0.15) is 30.1 Å². The molecule has 0 aliphatic carbocycles. The first kappa shape index (κ1) is 15.7. The lowest BCUT2D eigenvalue weighted by molar-refractivity contribution is 0.187. The summed E-state index contributed by atoms with van der Waals surface area (Å²) in [5.41, 5.74) is 2.16. The molecule has 1 unspecified atom stereocenters. The predicted molar refractivity (Wildman–Crippen MR) is 99.3 cm³/mol. The molecule has 1 atom stereocenters. The van der Waals surface area contributed by atoms with Crippen molar-refractivity contribution in [2.75, 3.05) is 13.1 Å². The second-order valence-corrected chi connectivity index (χ2v) is 7.30. The highest BCUT2D eigenvalue weighted by molar-refractivity contribution is 9.10. The minimum absolute atomic E-state index is 0.352. The van der Waals surface area contributed by atoms with Gasteiger partial charge in [0.1, 0.15) is 17.1 Å². The van der Waals surface area contributed by atoms with Crippen LogP contribution >= 0.6 is 15.9 Å². The fourth-order valence-electron chi connectivity index (χ4n) is 3.62. The third kappa shape index (κ3) is 3.08. The summed E-state index contributed by atoms with van der Waals surface area (Å²) < 4.78 is 7.10. The van der Waals surface area contributed by atoms with Gasteiger partial charge in [-0.3, -0.25) is 4.90 Å². The Labute approximate surface area is 150 Å². The fourth-order valence-corrected chi connectivity index (χ4v) is 4.15. The summed E-state index contributed by atoms with van der Waals surface area (Å²) >= 11 is 3.69. The lowest BCUT2D eigenvalue weighted by Crippen LogP contribution is -2.33. The Kier molecular flexibility index (Phi) is 4.33. The Morgan fingerprint density at radius 1 is 1.17 bits per heavy atom. The third-order valence-electron chi connectivity index (χ3n) is 4.82. The number of phenolic OH excluding ortho intramolecular Hbond substituents is 1. The molecule has 0 saturated carbocycles. The van der Waals surface area contributed by atoms with E-state index < -0.39 is 0 Å². The summed E-state index contributed by atoms with van der Waals surface area (Å²) in [7, 11) is 0. The van der Waals surface area contributed by atoms with Crippen molar-refractivity contribution < 1.29 is 9.52 Å². The van der Waals surface area contributed by atoms with Gasteiger partial charge in [0.2, 0.25) is 0 Å². The van der Waals surface area contributed by atoms with Crippen molar-refractivity contribution in [1.29, 1.82) is 0 Å². The van der Waals surface area contributed by atoms with Crippen LogP contribution in [0, 0.1) is 0 Å². The Morgan fingerprint density at radius 2 is 2.04 bits per heavy atom. The molecule has 1 fully saturated rings. The van der Waals surface area contributed by atoms with Crippen LogP contribution in [0.2, 0.25) is 0 Å². The number of hydrogen-bond acceptors (Lipinski definition) is 3. The van der Waals surface area contributed by atoms with Crippen molar-refractivity contribution in [3.05, 3.63) is 64.3 Å². The van der Waals surface area contributed by atoms with Crippen LogP contribution in [0.4, 0.5) is 0 Å². The van der Waals surface area contributed by atoms with Crippen molar-refractivity contribution in [3.63, 3.8) is 0 Å². The average molecular weight is 386 g/mol. The molecule has 0 amide bonds. The zero-order valence-corrected chi connectivity index (χ0v) is 15.0. The van der Waals surface area contributed by atoms with Gasteiger partial charge < -0.3 is 9.52 Å². The average Bonchev–Trinajstić information content (AvgIpc) is 2.91. The summed E-state index contributed by atoms with van der Waals surface area (Å²) in [5, 5.41) is 10.9. The zero-order valence-electron chi connectivity index (χ0n) is 13.4. The van der Waals surface area contributed by atoms with Gasteiger partial charge in [-0.25, -0.2) is 0 Å². The number of benzene rings is 2. The van der Waals surface area contributed by atoms with E-state index in [2.05, 4.69) is 33.0 Å². The summed E-state index contributed by atoms with van der Waals surface area (Å²) in [6.45, 7) is 2.89. The van der Waals surface area contributed by atoms with Gasteiger partial charge in [-0.1, -0.05) is 24.3 Å². The molecule has 2 heterocycles. The molecule has 3 aromatic rings. The van der Waals surface area contributed by atoms with Gasteiger partial charge in [0.05, 0.1) is 11.0 Å². The molecule has 124 valence electrons. The van der Waals surface area contributed by atoms with E-state index in [4.69, 9.17) is 4.42 Å². The van der Waals surface area contributed by atoms with Crippen molar-refractivity contribution in [3.8, 4) is 5.75 Å². The Balaban J connectivity index is 1.53. The summed E-state index contributed by atoms with van der Waals surface area (Å²) in [6.07, 6.45) is 2.33. The van der Waals surface area contributed by atoms with Crippen LogP contribution in [-0.4, -0.2) is 23.1 Å². The van der Waals surface area contributed by atoms with E-state index >= 15 is 0 Å². The lowest BCUT2D eigenvalue weighted by atomic mass is 9.90. The first-order valence-electron chi connectivity index (χ1n) is 8.38. The largest absolute Gasteiger partial charge is 0.508 e. The third-order valence-corrected chi connectivity index (χ3v) is 5.69. The van der Waals surface area contributed by atoms with Crippen LogP contribution in [0.3, 0.4) is 0 Å². The number of rotatable bonds is 3. The number of halogens is 1. The Bertz CT molecular complexity index is 858. The minimum Gasteiger partial charge on any atom is -0.508 e. The summed E-state index contributed by atoms with van der Waals surface area (Å²) in [5.74, 6) is 1.81. The summed E-state index contributed by atoms with van der Waals surface area (Å²) in [6, 6.07) is 15.8. The van der Waals surface area contributed by atoms with Crippen LogP contribution in [0.25, 0.3) is 11.0 Å². The number of piperidine rings is 1. The number of para-hydroxylation sites is 1. The second-order valence-electron chi connectivity index (χ2n) is 6.50. The Hall–Kier alpha value is -1.78. The van der Waals surface area contributed by atoms with Gasteiger partial charge in [-0.15, -0.1) is 0 Å². The van der Waals surface area contributed by atoms with E-state index in [1.807, 2.05) is 30.3 Å². The number of aromatic hydroxyl groups is 1. The maximum Gasteiger partial charge on any atom is 0.135 e. The van der Waals surface area contributed by atoms with E-state index in [1.54, 1.807) is 6.07 Å². The van der Waals surface area contributed by atoms with E-state index in [9.17, 15) is 5.11 Å². The molecular formula is C20H20BrNO2. The molecule has 1 saturated heterocycles. The number of phenols is 1. The van der Waals surface area contributed by atoms with Gasteiger partial charge in [0, 0.05) is 11.9 Å². The Morgan fingerprint density at radius 3 is 2.88 bits per heavy atom. The SMILES string of the molecule is Oc1cccc(C2CCCN(Cc3oc4ccccc4c3Br)C2)c1. The smallest absolute Gasteiger partial charge is 0.135 e. The van der Waals surface area contributed by atoms with Gasteiger partial charge in [0.25, 0.3) is 0 Å². The molecule has 24 heavy (non-hydrogen) atoms. The highest BCUT2D eigenvalue weighted by Crippen LogP contribution is 2.34. The highest BCUT2D eigenvalue weighted by atomic mass is 79.9. The van der Waals surface area contributed by atoms with E-state index in [0.29, 0.717) is 11.7 Å². The maximum absolute atomic E-state index is 9.73. The normalized spacial score (nSPS) is 19.0. The maximum atomic E-state index is 9.73. The molecule has 4 rings (SSSR count). The number of hydrogen-bond donors (Lipinski definition) is 1. The van der Waals surface area contributed by atoms with Crippen LogP contribution in [0.5, 0.6) is 5.75 Å². The molecule has 1 aliphatic rings. The topological polar surface area (TPSA) is 36.6 Å². The quantitative estimate of drug-likeness (QED) is 0.665. The molecule has 3 nitrogen and oxygen atoms in total. The number of nitrogens with zero attached hydrogens (tertiary/aromatic N) is 1. The molecule has 0 bridgehead atoms. The second kappa shape index (κ2) is 6.61. The van der Waals surface area contributed by atoms with E-state index in [1.165, 1.54) is 12.0 Å². The van der Waals surface area contributed by atoms with Crippen molar-refractivity contribution in [2.45, 2.75) is 25.3 Å². The van der Waals surface area contributed by atoms with Crippen molar-refractivity contribution >= 4 is 26.9 Å². The van der Waals surface area contributed by atoms with Gasteiger partial charge in [0.15, 0.2) is 0 Å². The lowest BCUT2D eigenvalue weighted by Gasteiger charge is -2.32. The highest BCUT2D eigenvalue weighted by Gasteiger charge is 2.23.